The van der Waals surface area contributed by atoms with Crippen molar-refractivity contribution in [3.8, 4) is 0 Å². The van der Waals surface area contributed by atoms with Crippen LogP contribution in [-0.2, 0) is 10.3 Å². The lowest BCUT2D eigenvalue weighted by Gasteiger charge is -2.42. The summed E-state index contributed by atoms with van der Waals surface area (Å²) in [7, 11) is 3.72. The van der Waals surface area contributed by atoms with E-state index in [-0.39, 0.29) is 6.10 Å². The number of nitrogens with zero attached hydrogens (tertiary/aromatic N) is 1. The molecule has 0 unspecified atom stereocenters. The van der Waals surface area contributed by atoms with E-state index in [0.717, 1.165) is 18.7 Å². The number of rotatable bonds is 2. The Morgan fingerprint density at radius 1 is 1.38 bits per heavy atom. The minimum atomic E-state index is -0.845. The molecule has 1 heterocycles. The Morgan fingerprint density at radius 3 is 2.69 bits per heavy atom. The van der Waals surface area contributed by atoms with Crippen molar-refractivity contribution in [3.63, 3.8) is 0 Å². The third kappa shape index (κ3) is 1.98. The van der Waals surface area contributed by atoms with Gasteiger partial charge in [0, 0.05) is 20.2 Å². The first-order chi connectivity index (χ1) is 7.66. The SMILES string of the molecule is CO[C@@H]1CN(C)CC[C@@]1(O)c1ccccc1. The molecule has 1 saturated heterocycles. The van der Waals surface area contributed by atoms with Gasteiger partial charge in [0.15, 0.2) is 0 Å². The Balaban J connectivity index is 2.29. The fraction of sp³-hybridized carbons (Fsp3) is 0.538. The molecule has 2 rings (SSSR count). The number of aliphatic hydroxyl groups is 1. The second-order valence-electron chi connectivity index (χ2n) is 4.53. The number of benzene rings is 1. The standard InChI is InChI=1S/C13H19NO2/c1-14-9-8-13(15,12(10-14)16-2)11-6-4-3-5-7-11/h3-7,12,15H,8-10H2,1-2H3/t12-,13-/m1/s1. The van der Waals surface area contributed by atoms with Gasteiger partial charge in [-0.2, -0.15) is 0 Å². The van der Waals surface area contributed by atoms with Gasteiger partial charge in [-0.25, -0.2) is 0 Å². The summed E-state index contributed by atoms with van der Waals surface area (Å²) in [6.07, 6.45) is 0.556. The Hall–Kier alpha value is -0.900. The van der Waals surface area contributed by atoms with Crippen LogP contribution in [0.2, 0.25) is 0 Å². The van der Waals surface area contributed by atoms with Crippen LogP contribution >= 0.6 is 0 Å². The minimum absolute atomic E-state index is 0.159. The fourth-order valence-corrected chi connectivity index (χ4v) is 2.37. The maximum Gasteiger partial charge on any atom is 0.118 e. The number of hydrogen-bond acceptors (Lipinski definition) is 3. The molecular formula is C13H19NO2. The molecule has 88 valence electrons. The van der Waals surface area contributed by atoms with Gasteiger partial charge in [0.1, 0.15) is 11.7 Å². The van der Waals surface area contributed by atoms with E-state index in [9.17, 15) is 5.11 Å². The zero-order chi connectivity index (χ0) is 11.6. The number of likely N-dealkylation sites (N-methyl/N-ethyl adjacent to an activating group) is 1. The van der Waals surface area contributed by atoms with Crippen molar-refractivity contribution in [2.75, 3.05) is 27.2 Å². The summed E-state index contributed by atoms with van der Waals surface area (Å²) >= 11 is 0. The van der Waals surface area contributed by atoms with Crippen molar-refractivity contribution < 1.29 is 9.84 Å². The molecule has 3 heteroatoms. The van der Waals surface area contributed by atoms with Crippen molar-refractivity contribution in [2.45, 2.75) is 18.1 Å². The van der Waals surface area contributed by atoms with Crippen LogP contribution in [0.1, 0.15) is 12.0 Å². The van der Waals surface area contributed by atoms with Crippen LogP contribution < -0.4 is 0 Å². The molecule has 1 aliphatic heterocycles. The highest BCUT2D eigenvalue weighted by atomic mass is 16.5. The van der Waals surface area contributed by atoms with Gasteiger partial charge < -0.3 is 14.7 Å². The monoisotopic (exact) mass is 221 g/mol. The Morgan fingerprint density at radius 2 is 2.06 bits per heavy atom. The first-order valence-corrected chi connectivity index (χ1v) is 5.66. The van der Waals surface area contributed by atoms with Crippen molar-refractivity contribution in [2.24, 2.45) is 0 Å². The number of likely N-dealkylation sites (tertiary alicyclic amines) is 1. The van der Waals surface area contributed by atoms with Crippen LogP contribution in [0, 0.1) is 0 Å². The average molecular weight is 221 g/mol. The number of hydrogen-bond donors (Lipinski definition) is 1. The molecule has 0 aromatic heterocycles. The van der Waals surface area contributed by atoms with Crippen molar-refractivity contribution in [1.82, 2.24) is 4.90 Å². The van der Waals surface area contributed by atoms with Gasteiger partial charge in [0.25, 0.3) is 0 Å². The topological polar surface area (TPSA) is 32.7 Å². The average Bonchev–Trinajstić information content (AvgIpc) is 2.33. The highest BCUT2D eigenvalue weighted by Crippen LogP contribution is 2.33. The molecule has 1 N–H and O–H groups in total. The zero-order valence-electron chi connectivity index (χ0n) is 9.89. The molecule has 1 aliphatic rings. The first kappa shape index (κ1) is 11.6. The maximum absolute atomic E-state index is 10.8. The lowest BCUT2D eigenvalue weighted by molar-refractivity contribution is -0.136. The van der Waals surface area contributed by atoms with E-state index in [1.165, 1.54) is 0 Å². The normalized spacial score (nSPS) is 31.6. The van der Waals surface area contributed by atoms with Gasteiger partial charge in [-0.3, -0.25) is 0 Å². The van der Waals surface area contributed by atoms with Crippen LogP contribution in [0.25, 0.3) is 0 Å². The quantitative estimate of drug-likeness (QED) is 0.815. The fourth-order valence-electron chi connectivity index (χ4n) is 2.37. The van der Waals surface area contributed by atoms with E-state index in [2.05, 4.69) is 11.9 Å². The van der Waals surface area contributed by atoms with Crippen LogP contribution in [-0.4, -0.2) is 43.4 Å². The Kier molecular flexibility index (Phi) is 3.28. The van der Waals surface area contributed by atoms with Crippen LogP contribution in [0.3, 0.4) is 0 Å². The van der Waals surface area contributed by atoms with Crippen LogP contribution in [0.4, 0.5) is 0 Å². The second-order valence-corrected chi connectivity index (χ2v) is 4.53. The molecule has 0 spiro atoms. The van der Waals surface area contributed by atoms with Gasteiger partial charge in [0.05, 0.1) is 0 Å². The molecule has 16 heavy (non-hydrogen) atoms. The second kappa shape index (κ2) is 4.53. The highest BCUT2D eigenvalue weighted by molar-refractivity contribution is 5.25. The van der Waals surface area contributed by atoms with Gasteiger partial charge in [-0.05, 0) is 19.0 Å². The summed E-state index contributed by atoms with van der Waals surface area (Å²) in [5.74, 6) is 0. The summed E-state index contributed by atoms with van der Waals surface area (Å²) in [6.45, 7) is 1.66. The summed E-state index contributed by atoms with van der Waals surface area (Å²) in [5.41, 5.74) is 0.109. The predicted octanol–water partition coefficient (Wildman–Crippen LogP) is 1.22. The smallest absolute Gasteiger partial charge is 0.118 e. The largest absolute Gasteiger partial charge is 0.382 e. The molecule has 3 nitrogen and oxygen atoms in total. The lowest BCUT2D eigenvalue weighted by atomic mass is 9.82. The number of methoxy groups -OCH3 is 1. The minimum Gasteiger partial charge on any atom is -0.382 e. The van der Waals surface area contributed by atoms with E-state index < -0.39 is 5.60 Å². The van der Waals surface area contributed by atoms with Crippen LogP contribution in [0.15, 0.2) is 30.3 Å². The summed E-state index contributed by atoms with van der Waals surface area (Å²) in [6, 6.07) is 9.81. The van der Waals surface area contributed by atoms with Gasteiger partial charge >= 0.3 is 0 Å². The van der Waals surface area contributed by atoms with E-state index in [0.29, 0.717) is 6.42 Å². The van der Waals surface area contributed by atoms with Crippen molar-refractivity contribution >= 4 is 0 Å². The summed E-state index contributed by atoms with van der Waals surface area (Å²) in [4.78, 5) is 2.19. The van der Waals surface area contributed by atoms with Crippen molar-refractivity contribution in [1.29, 1.82) is 0 Å². The molecular weight excluding hydrogens is 202 g/mol. The summed E-state index contributed by atoms with van der Waals surface area (Å²) < 4.78 is 5.44. The molecule has 2 atom stereocenters. The molecule has 1 aromatic rings. The van der Waals surface area contributed by atoms with E-state index >= 15 is 0 Å². The molecule has 0 bridgehead atoms. The molecule has 0 radical (unpaired) electrons. The van der Waals surface area contributed by atoms with Gasteiger partial charge in [-0.15, -0.1) is 0 Å². The number of ether oxygens (including phenoxy) is 1. The van der Waals surface area contributed by atoms with Gasteiger partial charge in [-0.1, -0.05) is 30.3 Å². The highest BCUT2D eigenvalue weighted by Gasteiger charge is 2.42. The maximum atomic E-state index is 10.8. The first-order valence-electron chi connectivity index (χ1n) is 5.66. The van der Waals surface area contributed by atoms with Crippen molar-refractivity contribution in [3.05, 3.63) is 35.9 Å². The molecule has 0 amide bonds. The lowest BCUT2D eigenvalue weighted by Crippen LogP contribution is -2.53. The molecule has 1 aromatic carbocycles. The van der Waals surface area contributed by atoms with E-state index in [4.69, 9.17) is 4.74 Å². The van der Waals surface area contributed by atoms with E-state index in [1.807, 2.05) is 30.3 Å². The molecule has 1 fully saturated rings. The van der Waals surface area contributed by atoms with E-state index in [1.54, 1.807) is 7.11 Å². The third-order valence-electron chi connectivity index (χ3n) is 3.44. The molecule has 0 saturated carbocycles. The summed E-state index contributed by atoms with van der Waals surface area (Å²) in [5, 5.41) is 10.8. The zero-order valence-corrected chi connectivity index (χ0v) is 9.89. The predicted molar refractivity (Wildman–Crippen MR) is 63.2 cm³/mol. The third-order valence-corrected chi connectivity index (χ3v) is 3.44. The van der Waals surface area contributed by atoms with Crippen LogP contribution in [0.5, 0.6) is 0 Å². The Bertz CT molecular complexity index is 341. The molecule has 0 aliphatic carbocycles. The van der Waals surface area contributed by atoms with Gasteiger partial charge in [0.2, 0.25) is 0 Å². The Labute approximate surface area is 96.6 Å². The number of piperidine rings is 1.